The maximum atomic E-state index is 14.1. The van der Waals surface area contributed by atoms with Crippen LogP contribution in [0.25, 0.3) is 0 Å². The van der Waals surface area contributed by atoms with Crippen molar-refractivity contribution in [3.05, 3.63) is 52.5 Å². The fourth-order valence-corrected chi connectivity index (χ4v) is 4.62. The van der Waals surface area contributed by atoms with Crippen molar-refractivity contribution in [1.82, 2.24) is 10.2 Å². The van der Waals surface area contributed by atoms with Crippen LogP contribution in [-0.2, 0) is 4.79 Å². The Kier molecular flexibility index (Phi) is 6.40. The fourth-order valence-electron chi connectivity index (χ4n) is 3.65. The first kappa shape index (κ1) is 20.8. The maximum absolute atomic E-state index is 14.1. The van der Waals surface area contributed by atoms with E-state index in [0.717, 1.165) is 26.2 Å². The summed E-state index contributed by atoms with van der Waals surface area (Å²) in [5.74, 6) is -0.108. The van der Waals surface area contributed by atoms with Gasteiger partial charge in [0.2, 0.25) is 5.91 Å². The van der Waals surface area contributed by atoms with E-state index in [1.807, 2.05) is 32.9 Å². The number of carbonyl (C=O) groups is 1. The molecule has 0 spiro atoms. The largest absolute Gasteiger partial charge is 0.367 e. The molecular formula is C22H30FN3OS. The zero-order chi connectivity index (χ0) is 20.3. The molecule has 1 aliphatic heterocycles. The second kappa shape index (κ2) is 8.62. The molecule has 1 fully saturated rings. The van der Waals surface area contributed by atoms with Crippen LogP contribution in [0.4, 0.5) is 10.1 Å². The lowest BCUT2D eigenvalue weighted by Crippen LogP contribution is -2.53. The van der Waals surface area contributed by atoms with Crippen molar-refractivity contribution in [1.29, 1.82) is 0 Å². The van der Waals surface area contributed by atoms with Gasteiger partial charge < -0.3 is 10.2 Å². The smallest absolute Gasteiger partial charge is 0.225 e. The van der Waals surface area contributed by atoms with Crippen molar-refractivity contribution < 1.29 is 9.18 Å². The Morgan fingerprint density at radius 1 is 1.11 bits per heavy atom. The lowest BCUT2D eigenvalue weighted by molar-refractivity contribution is -0.129. The van der Waals surface area contributed by atoms with Crippen molar-refractivity contribution in [2.45, 2.75) is 39.8 Å². The third-order valence-corrected chi connectivity index (χ3v) is 6.19. The molecule has 3 rings (SSSR count). The van der Waals surface area contributed by atoms with Crippen LogP contribution in [0.1, 0.15) is 38.6 Å². The first-order valence-corrected chi connectivity index (χ1v) is 10.7. The minimum absolute atomic E-state index is 0.00890. The number of anilines is 1. The number of benzene rings is 1. The zero-order valence-electron chi connectivity index (χ0n) is 17.1. The number of piperazine rings is 1. The Morgan fingerprint density at radius 2 is 1.79 bits per heavy atom. The van der Waals surface area contributed by atoms with Crippen molar-refractivity contribution in [3.63, 3.8) is 0 Å². The molecule has 1 aromatic heterocycles. The van der Waals surface area contributed by atoms with Crippen molar-refractivity contribution in [2.75, 3.05) is 31.1 Å². The Balaban J connectivity index is 1.72. The molecule has 2 aromatic rings. The summed E-state index contributed by atoms with van der Waals surface area (Å²) in [5, 5.41) is 5.29. The number of hydrogen-bond acceptors (Lipinski definition) is 4. The highest BCUT2D eigenvalue weighted by Gasteiger charge is 2.33. The minimum Gasteiger partial charge on any atom is -0.367 e. The molecule has 4 nitrogen and oxygen atoms in total. The van der Waals surface area contributed by atoms with Crippen molar-refractivity contribution in [2.24, 2.45) is 5.41 Å². The number of rotatable bonds is 5. The van der Waals surface area contributed by atoms with Gasteiger partial charge in [-0.1, -0.05) is 39.0 Å². The second-order valence-corrected chi connectivity index (χ2v) is 9.43. The van der Waals surface area contributed by atoms with Crippen LogP contribution in [0.3, 0.4) is 0 Å². The van der Waals surface area contributed by atoms with Crippen LogP contribution < -0.4 is 10.2 Å². The molecule has 2 atom stereocenters. The van der Waals surface area contributed by atoms with Gasteiger partial charge in [0, 0.05) is 42.5 Å². The van der Waals surface area contributed by atoms with E-state index < -0.39 is 5.41 Å². The molecule has 0 bridgehead atoms. The van der Waals surface area contributed by atoms with E-state index in [1.54, 1.807) is 17.4 Å². The number of amides is 1. The molecule has 1 saturated heterocycles. The second-order valence-electron chi connectivity index (χ2n) is 8.45. The predicted molar refractivity (Wildman–Crippen MR) is 114 cm³/mol. The van der Waals surface area contributed by atoms with E-state index in [0.29, 0.717) is 5.69 Å². The highest BCUT2D eigenvalue weighted by molar-refractivity contribution is 7.10. The van der Waals surface area contributed by atoms with E-state index in [1.165, 1.54) is 10.9 Å². The lowest BCUT2D eigenvalue weighted by atomic mass is 9.94. The summed E-state index contributed by atoms with van der Waals surface area (Å²) in [6, 6.07) is 11.3. The van der Waals surface area contributed by atoms with Crippen LogP contribution in [0.5, 0.6) is 0 Å². The first-order chi connectivity index (χ1) is 13.3. The van der Waals surface area contributed by atoms with Crippen LogP contribution in [-0.4, -0.2) is 43.0 Å². The van der Waals surface area contributed by atoms with Crippen LogP contribution in [0, 0.1) is 11.2 Å². The van der Waals surface area contributed by atoms with Gasteiger partial charge in [-0.25, -0.2) is 4.39 Å². The number of nitrogens with one attached hydrogen (secondary N) is 1. The van der Waals surface area contributed by atoms with Gasteiger partial charge >= 0.3 is 0 Å². The van der Waals surface area contributed by atoms with Gasteiger partial charge in [-0.3, -0.25) is 9.69 Å². The minimum atomic E-state index is -0.419. The average molecular weight is 404 g/mol. The molecule has 0 radical (unpaired) electrons. The summed E-state index contributed by atoms with van der Waals surface area (Å²) < 4.78 is 14.1. The zero-order valence-corrected chi connectivity index (χ0v) is 17.9. The molecule has 1 aromatic carbocycles. The van der Waals surface area contributed by atoms with E-state index in [-0.39, 0.29) is 23.8 Å². The number of hydrogen-bond donors (Lipinski definition) is 1. The van der Waals surface area contributed by atoms with Crippen molar-refractivity contribution in [3.8, 4) is 0 Å². The molecule has 28 heavy (non-hydrogen) atoms. The summed E-state index contributed by atoms with van der Waals surface area (Å²) in [5.41, 5.74) is 0.251. The van der Waals surface area contributed by atoms with Gasteiger partial charge in [-0.15, -0.1) is 11.3 Å². The van der Waals surface area contributed by atoms with Gasteiger partial charge in [0.1, 0.15) is 5.82 Å². The number of nitrogens with zero attached hydrogens (tertiary/aromatic N) is 2. The van der Waals surface area contributed by atoms with Gasteiger partial charge in [0.05, 0.1) is 11.7 Å². The summed E-state index contributed by atoms with van der Waals surface area (Å²) >= 11 is 1.72. The van der Waals surface area contributed by atoms with Gasteiger partial charge in [0.25, 0.3) is 0 Å². The Bertz CT molecular complexity index is 779. The van der Waals surface area contributed by atoms with Gasteiger partial charge in [-0.05, 0) is 30.5 Å². The van der Waals surface area contributed by atoms with E-state index in [9.17, 15) is 9.18 Å². The summed E-state index contributed by atoms with van der Waals surface area (Å²) in [6.45, 7) is 11.1. The monoisotopic (exact) mass is 403 g/mol. The Labute approximate surface area is 171 Å². The normalized spacial score (nSPS) is 18.0. The lowest BCUT2D eigenvalue weighted by Gasteiger charge is -2.42. The Hall–Kier alpha value is -1.92. The van der Waals surface area contributed by atoms with E-state index in [2.05, 4.69) is 39.6 Å². The maximum Gasteiger partial charge on any atom is 0.225 e. The SMILES string of the molecule is C[C@@H](NC(=O)C(C)(C)C)[C@@H](c1cccs1)N1CCN(c2ccccc2F)CC1. The molecule has 1 amide bonds. The summed E-state index contributed by atoms with van der Waals surface area (Å²) in [4.78, 5) is 18.3. The Morgan fingerprint density at radius 3 is 2.36 bits per heavy atom. The summed E-state index contributed by atoms with van der Waals surface area (Å²) in [6.07, 6.45) is 0. The number of thiophene rings is 1. The fraction of sp³-hybridized carbons (Fsp3) is 0.500. The first-order valence-electron chi connectivity index (χ1n) is 9.85. The predicted octanol–water partition coefficient (Wildman–Crippen LogP) is 4.30. The van der Waals surface area contributed by atoms with Crippen molar-refractivity contribution >= 4 is 22.9 Å². The molecule has 2 heterocycles. The molecule has 0 aliphatic carbocycles. The highest BCUT2D eigenvalue weighted by Crippen LogP contribution is 2.31. The van der Waals surface area contributed by atoms with E-state index >= 15 is 0 Å². The van der Waals surface area contributed by atoms with Crippen LogP contribution in [0.2, 0.25) is 0 Å². The number of para-hydroxylation sites is 1. The molecule has 6 heteroatoms. The molecule has 152 valence electrons. The number of halogens is 1. The molecular weight excluding hydrogens is 373 g/mol. The molecule has 1 N–H and O–H groups in total. The average Bonchev–Trinajstić information content (AvgIpc) is 3.16. The summed E-state index contributed by atoms with van der Waals surface area (Å²) in [7, 11) is 0. The molecule has 1 aliphatic rings. The highest BCUT2D eigenvalue weighted by atomic mass is 32.1. The van der Waals surface area contributed by atoms with Gasteiger partial charge in [0.15, 0.2) is 0 Å². The van der Waals surface area contributed by atoms with Crippen LogP contribution >= 0.6 is 11.3 Å². The topological polar surface area (TPSA) is 35.6 Å². The van der Waals surface area contributed by atoms with Crippen LogP contribution in [0.15, 0.2) is 41.8 Å². The van der Waals surface area contributed by atoms with E-state index in [4.69, 9.17) is 0 Å². The molecule has 0 saturated carbocycles. The molecule has 0 unspecified atom stereocenters. The number of carbonyl (C=O) groups excluding carboxylic acids is 1. The third kappa shape index (κ3) is 4.73. The quantitative estimate of drug-likeness (QED) is 0.808. The standard InChI is InChI=1S/C22H30FN3OS/c1-16(24-21(27)22(2,3)4)20(19-10-7-15-28-19)26-13-11-25(12-14-26)18-9-6-5-8-17(18)23/h5-10,15-16,20H,11-14H2,1-4H3,(H,24,27)/t16-,20+/m1/s1. The third-order valence-electron chi connectivity index (χ3n) is 5.25. The van der Waals surface area contributed by atoms with Gasteiger partial charge in [-0.2, -0.15) is 0 Å².